The first-order valence-electron chi connectivity index (χ1n) is 9.75. The monoisotopic (exact) mass is 412 g/mol. The van der Waals surface area contributed by atoms with Crippen molar-refractivity contribution in [1.29, 1.82) is 0 Å². The standard InChI is InChI=1S/C23H27FGeO/c1-3-5-15-25(16-6-4-2)21-14-10-8-12-19(21)23(26)17-22(25)18-11-7-9-13-20(18)24/h7-14,17H,3-6,15-16H2,1-2H3. The zero-order valence-electron chi connectivity index (χ0n) is 15.7. The molecule has 2 aromatic carbocycles. The number of hydrogen-bond donors (Lipinski definition) is 0. The van der Waals surface area contributed by atoms with Crippen LogP contribution in [0.3, 0.4) is 0 Å². The van der Waals surface area contributed by atoms with Crippen molar-refractivity contribution in [2.24, 2.45) is 0 Å². The van der Waals surface area contributed by atoms with Crippen LogP contribution in [0.2, 0.25) is 10.5 Å². The Kier molecular flexibility index (Phi) is 6.13. The van der Waals surface area contributed by atoms with Crippen LogP contribution in [0.15, 0.2) is 54.6 Å². The molecule has 0 saturated carbocycles. The van der Waals surface area contributed by atoms with Gasteiger partial charge in [-0.15, -0.1) is 0 Å². The summed E-state index contributed by atoms with van der Waals surface area (Å²) in [5.74, 6) is -0.165. The van der Waals surface area contributed by atoms with Gasteiger partial charge in [0.1, 0.15) is 0 Å². The Balaban J connectivity index is 2.25. The van der Waals surface area contributed by atoms with Gasteiger partial charge in [0.25, 0.3) is 0 Å². The van der Waals surface area contributed by atoms with Crippen LogP contribution in [0.25, 0.3) is 4.41 Å². The van der Waals surface area contributed by atoms with Gasteiger partial charge in [-0.1, -0.05) is 0 Å². The number of carbonyl (C=O) groups is 1. The average Bonchev–Trinajstić information content (AvgIpc) is 2.67. The molecule has 2 aromatic rings. The van der Waals surface area contributed by atoms with E-state index in [0.29, 0.717) is 5.56 Å². The van der Waals surface area contributed by atoms with Gasteiger partial charge in [0.15, 0.2) is 0 Å². The zero-order chi connectivity index (χ0) is 18.6. The fourth-order valence-electron chi connectivity index (χ4n) is 4.24. The number of rotatable bonds is 7. The van der Waals surface area contributed by atoms with E-state index < -0.39 is 13.3 Å². The molecule has 0 N–H and O–H groups in total. The van der Waals surface area contributed by atoms with Crippen molar-refractivity contribution in [3.8, 4) is 0 Å². The van der Waals surface area contributed by atoms with Gasteiger partial charge in [-0.25, -0.2) is 0 Å². The summed E-state index contributed by atoms with van der Waals surface area (Å²) in [7, 11) is 0. The molecule has 1 nitrogen and oxygen atoms in total. The fourth-order valence-corrected chi connectivity index (χ4v) is 16.4. The Labute approximate surface area is 158 Å². The molecule has 1 heterocycles. The van der Waals surface area contributed by atoms with Crippen molar-refractivity contribution in [3.05, 3.63) is 71.6 Å². The molecule has 3 heteroatoms. The summed E-state index contributed by atoms with van der Waals surface area (Å²) in [6, 6.07) is 15.1. The summed E-state index contributed by atoms with van der Waals surface area (Å²) >= 11 is -2.85. The second-order valence-electron chi connectivity index (χ2n) is 7.24. The minimum absolute atomic E-state index is 0.0353. The molecule has 0 aliphatic carbocycles. The van der Waals surface area contributed by atoms with E-state index in [1.54, 1.807) is 12.1 Å². The number of fused-ring (bicyclic) bond motifs is 1. The van der Waals surface area contributed by atoms with Crippen molar-refractivity contribution in [3.63, 3.8) is 0 Å². The molecule has 0 unspecified atom stereocenters. The van der Waals surface area contributed by atoms with E-state index in [1.165, 1.54) is 10.5 Å². The van der Waals surface area contributed by atoms with Crippen molar-refractivity contribution in [2.75, 3.05) is 0 Å². The van der Waals surface area contributed by atoms with Crippen LogP contribution in [-0.2, 0) is 0 Å². The number of carbonyl (C=O) groups excluding carboxylic acids is 1. The Morgan fingerprint density at radius 2 is 1.42 bits per heavy atom. The Hall–Kier alpha value is -1.68. The first-order valence-corrected chi connectivity index (χ1v) is 14.8. The van der Waals surface area contributed by atoms with Gasteiger partial charge in [-0.3, -0.25) is 0 Å². The predicted octanol–water partition coefficient (Wildman–Crippen LogP) is 5.90. The molecule has 0 atom stereocenters. The van der Waals surface area contributed by atoms with E-state index in [9.17, 15) is 9.18 Å². The summed E-state index contributed by atoms with van der Waals surface area (Å²) in [6.45, 7) is 4.42. The molecule has 3 rings (SSSR count). The predicted molar refractivity (Wildman–Crippen MR) is 110 cm³/mol. The van der Waals surface area contributed by atoms with Crippen LogP contribution >= 0.6 is 0 Å². The Morgan fingerprint density at radius 3 is 2.04 bits per heavy atom. The molecule has 0 fully saturated rings. The van der Waals surface area contributed by atoms with E-state index >= 15 is 0 Å². The second-order valence-corrected chi connectivity index (χ2v) is 16.1. The summed E-state index contributed by atoms with van der Waals surface area (Å²) in [4.78, 5) is 12.8. The summed E-state index contributed by atoms with van der Waals surface area (Å²) < 4.78 is 17.1. The molecule has 0 spiro atoms. The molecule has 1 aliphatic rings. The molecule has 136 valence electrons. The van der Waals surface area contributed by atoms with Crippen molar-refractivity contribution in [1.82, 2.24) is 0 Å². The quantitative estimate of drug-likeness (QED) is 0.519. The average molecular weight is 411 g/mol. The van der Waals surface area contributed by atoms with Crippen LogP contribution < -0.4 is 4.40 Å². The molecule has 0 bridgehead atoms. The van der Waals surface area contributed by atoms with E-state index in [0.717, 1.165) is 46.2 Å². The Bertz CT molecular complexity index is 816. The third-order valence-corrected chi connectivity index (χ3v) is 16.8. The van der Waals surface area contributed by atoms with E-state index in [-0.39, 0.29) is 11.6 Å². The van der Waals surface area contributed by atoms with Crippen molar-refractivity contribution in [2.45, 2.75) is 50.0 Å². The third-order valence-electron chi connectivity index (χ3n) is 5.58. The summed E-state index contributed by atoms with van der Waals surface area (Å²) in [5, 5.41) is 2.25. The molecule has 0 radical (unpaired) electrons. The van der Waals surface area contributed by atoms with Crippen LogP contribution in [0.5, 0.6) is 0 Å². The third kappa shape index (κ3) is 3.44. The van der Waals surface area contributed by atoms with Crippen LogP contribution in [0, 0.1) is 5.82 Å². The number of ketones is 1. The molecule has 1 aliphatic heterocycles. The van der Waals surface area contributed by atoms with Gasteiger partial charge in [0.05, 0.1) is 0 Å². The van der Waals surface area contributed by atoms with E-state index in [2.05, 4.69) is 19.9 Å². The first-order chi connectivity index (χ1) is 12.6. The zero-order valence-corrected chi connectivity index (χ0v) is 17.8. The SMILES string of the molecule is CCC[CH2][Ge]1([CH2]CCC)[C](c2ccccc2F)=CC(=O)c2cccc[c]21. The second kappa shape index (κ2) is 8.34. The van der Waals surface area contributed by atoms with Gasteiger partial charge >= 0.3 is 159 Å². The van der Waals surface area contributed by atoms with Crippen LogP contribution in [0.1, 0.15) is 55.5 Å². The normalized spacial score (nSPS) is 15.5. The molecular weight excluding hydrogens is 384 g/mol. The summed E-state index contributed by atoms with van der Waals surface area (Å²) in [5.41, 5.74) is 1.52. The fraction of sp³-hybridized carbons (Fsp3) is 0.348. The molecule has 0 aromatic heterocycles. The molecule has 0 amide bonds. The maximum absolute atomic E-state index is 14.7. The summed E-state index contributed by atoms with van der Waals surface area (Å²) in [6.07, 6.45) is 6.31. The van der Waals surface area contributed by atoms with Crippen molar-refractivity contribution < 1.29 is 9.18 Å². The number of halogens is 1. The minimum atomic E-state index is -2.85. The van der Waals surface area contributed by atoms with Crippen molar-refractivity contribution >= 4 is 27.9 Å². The number of benzene rings is 2. The first kappa shape index (κ1) is 19.1. The van der Waals surface area contributed by atoms with Gasteiger partial charge < -0.3 is 0 Å². The van der Waals surface area contributed by atoms with Crippen LogP contribution in [0.4, 0.5) is 4.39 Å². The van der Waals surface area contributed by atoms with Gasteiger partial charge in [0.2, 0.25) is 0 Å². The van der Waals surface area contributed by atoms with Crippen LogP contribution in [-0.4, -0.2) is 19.0 Å². The number of allylic oxidation sites excluding steroid dienone is 1. The van der Waals surface area contributed by atoms with Gasteiger partial charge in [-0.05, 0) is 0 Å². The van der Waals surface area contributed by atoms with E-state index in [1.807, 2.05) is 30.3 Å². The van der Waals surface area contributed by atoms with E-state index in [4.69, 9.17) is 0 Å². The molecule has 0 saturated heterocycles. The van der Waals surface area contributed by atoms with Gasteiger partial charge in [0, 0.05) is 0 Å². The molecular formula is C23H27FGeO. The van der Waals surface area contributed by atoms with Gasteiger partial charge in [-0.2, -0.15) is 0 Å². The number of unbranched alkanes of at least 4 members (excludes halogenated alkanes) is 2. The maximum atomic E-state index is 14.7. The number of hydrogen-bond acceptors (Lipinski definition) is 1. The Morgan fingerprint density at radius 1 is 0.846 bits per heavy atom. The topological polar surface area (TPSA) is 17.1 Å². The molecule has 26 heavy (non-hydrogen) atoms.